The van der Waals surface area contributed by atoms with E-state index < -0.39 is 28.5 Å². The zero-order valence-electron chi connectivity index (χ0n) is 23.6. The van der Waals surface area contributed by atoms with Crippen molar-refractivity contribution in [2.45, 2.75) is 51.1 Å². The summed E-state index contributed by atoms with van der Waals surface area (Å²) in [7, 11) is -4.28. The van der Waals surface area contributed by atoms with Gasteiger partial charge in [-0.1, -0.05) is 66.8 Å². The maximum absolute atomic E-state index is 14.2. The summed E-state index contributed by atoms with van der Waals surface area (Å²) in [5, 5.41) is 3.86. The van der Waals surface area contributed by atoms with Gasteiger partial charge in [0.2, 0.25) is 11.8 Å². The average Bonchev–Trinajstić information content (AvgIpc) is 2.97. The van der Waals surface area contributed by atoms with Gasteiger partial charge in [-0.15, -0.1) is 0 Å². The van der Waals surface area contributed by atoms with E-state index in [0.717, 1.165) is 4.31 Å². The normalized spacial score (nSPS) is 12.0. The van der Waals surface area contributed by atoms with Gasteiger partial charge in [-0.2, -0.15) is 0 Å². The number of hydrogen-bond donors (Lipinski definition) is 1. The van der Waals surface area contributed by atoms with Crippen molar-refractivity contribution in [1.82, 2.24) is 10.2 Å². The lowest BCUT2D eigenvalue weighted by molar-refractivity contribution is -0.140. The topological polar surface area (TPSA) is 96.0 Å². The zero-order chi connectivity index (χ0) is 30.9. The molecule has 0 radical (unpaired) electrons. The molecular weight excluding hydrogens is 621 g/mol. The Morgan fingerprint density at radius 2 is 1.62 bits per heavy atom. The van der Waals surface area contributed by atoms with Gasteiger partial charge in [0, 0.05) is 18.1 Å². The average molecular weight is 655 g/mol. The summed E-state index contributed by atoms with van der Waals surface area (Å²) < 4.78 is 34.9. The van der Waals surface area contributed by atoms with Crippen LogP contribution in [0.1, 0.15) is 39.2 Å². The number of para-hydroxylation sites is 2. The minimum atomic E-state index is -4.28. The molecule has 0 bridgehead atoms. The van der Waals surface area contributed by atoms with Gasteiger partial charge in [0.05, 0.1) is 27.2 Å². The summed E-state index contributed by atoms with van der Waals surface area (Å²) in [4.78, 5) is 28.7. The Morgan fingerprint density at radius 3 is 2.24 bits per heavy atom. The number of carbonyl (C=O) groups excluding carboxylic acids is 2. The van der Waals surface area contributed by atoms with Crippen molar-refractivity contribution in [2.24, 2.45) is 0 Å². The first-order valence-electron chi connectivity index (χ1n) is 13.5. The molecule has 0 saturated carbocycles. The predicted octanol–water partition coefficient (Wildman–Crippen LogP) is 6.57. The first-order chi connectivity index (χ1) is 20.0. The number of carbonyl (C=O) groups is 2. The molecular formula is C30H34Cl3N3O5S. The molecule has 0 saturated heterocycles. The first kappa shape index (κ1) is 33.5. The van der Waals surface area contributed by atoms with Crippen molar-refractivity contribution < 1.29 is 22.7 Å². The van der Waals surface area contributed by atoms with Crippen LogP contribution in [-0.4, -0.2) is 50.9 Å². The number of hydrogen-bond acceptors (Lipinski definition) is 5. The third-order valence-electron chi connectivity index (χ3n) is 6.39. The molecule has 0 unspecified atom stereocenters. The van der Waals surface area contributed by atoms with Gasteiger partial charge >= 0.3 is 0 Å². The van der Waals surface area contributed by atoms with Crippen LogP contribution in [0.3, 0.4) is 0 Å². The molecule has 0 aliphatic rings. The summed E-state index contributed by atoms with van der Waals surface area (Å²) in [5.74, 6) is -0.646. The second-order valence-corrected chi connectivity index (χ2v) is 12.5. The molecule has 226 valence electrons. The summed E-state index contributed by atoms with van der Waals surface area (Å²) in [6, 6.07) is 16.3. The molecule has 0 spiro atoms. The number of nitrogens with one attached hydrogen (secondary N) is 1. The van der Waals surface area contributed by atoms with Gasteiger partial charge < -0.3 is 15.0 Å². The number of sulfonamides is 1. The number of benzene rings is 3. The van der Waals surface area contributed by atoms with Crippen LogP contribution in [0.25, 0.3) is 0 Å². The molecule has 42 heavy (non-hydrogen) atoms. The van der Waals surface area contributed by atoms with Crippen LogP contribution in [0.15, 0.2) is 71.6 Å². The maximum Gasteiger partial charge on any atom is 0.264 e. The molecule has 0 aliphatic heterocycles. The lowest BCUT2D eigenvalue weighted by Gasteiger charge is -2.33. The lowest BCUT2D eigenvalue weighted by Crippen LogP contribution is -2.52. The van der Waals surface area contributed by atoms with Crippen molar-refractivity contribution in [2.75, 3.05) is 24.0 Å². The van der Waals surface area contributed by atoms with Crippen molar-refractivity contribution in [1.29, 1.82) is 0 Å². The van der Waals surface area contributed by atoms with E-state index in [0.29, 0.717) is 40.0 Å². The predicted molar refractivity (Wildman–Crippen MR) is 168 cm³/mol. The fourth-order valence-corrected chi connectivity index (χ4v) is 6.18. The molecule has 3 aromatic carbocycles. The van der Waals surface area contributed by atoms with Crippen molar-refractivity contribution in [3.05, 3.63) is 87.4 Å². The van der Waals surface area contributed by atoms with Crippen molar-refractivity contribution >= 4 is 62.3 Å². The highest BCUT2D eigenvalue weighted by molar-refractivity contribution is 7.92. The molecule has 2 amide bonds. The molecule has 8 nitrogen and oxygen atoms in total. The minimum Gasteiger partial charge on any atom is -0.492 e. The molecule has 3 rings (SSSR count). The molecule has 0 aromatic heterocycles. The summed E-state index contributed by atoms with van der Waals surface area (Å²) >= 11 is 18.4. The smallest absolute Gasteiger partial charge is 0.264 e. The Kier molecular flexibility index (Phi) is 12.4. The molecule has 0 heterocycles. The second-order valence-electron chi connectivity index (χ2n) is 9.35. The molecule has 1 atom stereocenters. The molecule has 3 aromatic rings. The Hall–Kier alpha value is -2.98. The third kappa shape index (κ3) is 8.31. The van der Waals surface area contributed by atoms with E-state index in [1.807, 2.05) is 6.92 Å². The van der Waals surface area contributed by atoms with Crippen LogP contribution in [-0.2, 0) is 26.2 Å². The van der Waals surface area contributed by atoms with E-state index in [1.165, 1.54) is 29.2 Å². The van der Waals surface area contributed by atoms with Crippen LogP contribution in [0, 0.1) is 0 Å². The van der Waals surface area contributed by atoms with E-state index in [1.54, 1.807) is 56.3 Å². The largest absolute Gasteiger partial charge is 0.492 e. The minimum absolute atomic E-state index is 0.00425. The molecule has 12 heteroatoms. The van der Waals surface area contributed by atoms with Gasteiger partial charge in [-0.05, 0) is 73.9 Å². The van der Waals surface area contributed by atoms with E-state index in [4.69, 9.17) is 39.5 Å². The third-order valence-corrected chi connectivity index (χ3v) is 9.15. The number of ether oxygens (including phenoxy) is 1. The van der Waals surface area contributed by atoms with Crippen LogP contribution < -0.4 is 14.4 Å². The Bertz CT molecular complexity index is 1490. The standard InChI is InChI=1S/C30H34Cl3N3O5S/c1-4-17-34-30(38)26(5-2)35(19-21-11-16-24(32)25(33)18-21)29(37)20-36(27-9-7-8-10-28(27)41-6-3)42(39,40)23-14-12-22(31)13-15-23/h7-16,18,26H,4-6,17,19-20H2,1-3H3,(H,34,38)/t26-/m0/s1. The van der Waals surface area contributed by atoms with Crippen LogP contribution in [0.5, 0.6) is 5.75 Å². The number of rotatable bonds is 14. The first-order valence-corrected chi connectivity index (χ1v) is 16.1. The van der Waals surface area contributed by atoms with Crippen LogP contribution >= 0.6 is 34.8 Å². The number of anilines is 1. The van der Waals surface area contributed by atoms with Gasteiger partial charge in [0.15, 0.2) is 0 Å². The van der Waals surface area contributed by atoms with Gasteiger partial charge in [0.25, 0.3) is 10.0 Å². The van der Waals surface area contributed by atoms with E-state index in [9.17, 15) is 18.0 Å². The lowest BCUT2D eigenvalue weighted by atomic mass is 10.1. The highest BCUT2D eigenvalue weighted by Gasteiger charge is 2.34. The quantitative estimate of drug-likeness (QED) is 0.212. The molecule has 0 fully saturated rings. The fourth-order valence-electron chi connectivity index (χ4n) is 4.31. The second kappa shape index (κ2) is 15.5. The number of halogens is 3. The monoisotopic (exact) mass is 653 g/mol. The zero-order valence-corrected chi connectivity index (χ0v) is 26.7. The molecule has 0 aliphatic carbocycles. The van der Waals surface area contributed by atoms with Crippen molar-refractivity contribution in [3.63, 3.8) is 0 Å². The van der Waals surface area contributed by atoms with Gasteiger partial charge in [-0.3, -0.25) is 13.9 Å². The van der Waals surface area contributed by atoms with Gasteiger partial charge in [-0.25, -0.2) is 8.42 Å². The van der Waals surface area contributed by atoms with Crippen molar-refractivity contribution in [3.8, 4) is 5.75 Å². The number of nitrogens with zero attached hydrogens (tertiary/aromatic N) is 2. The van der Waals surface area contributed by atoms with E-state index in [2.05, 4.69) is 5.32 Å². The Balaban J connectivity index is 2.11. The summed E-state index contributed by atoms with van der Waals surface area (Å²) in [6.07, 6.45) is 1.01. The van der Waals surface area contributed by atoms with Crippen LogP contribution in [0.4, 0.5) is 5.69 Å². The Morgan fingerprint density at radius 1 is 0.929 bits per heavy atom. The van der Waals surface area contributed by atoms with Gasteiger partial charge in [0.1, 0.15) is 18.3 Å². The summed E-state index contributed by atoms with van der Waals surface area (Å²) in [6.45, 7) is 5.60. The highest BCUT2D eigenvalue weighted by Crippen LogP contribution is 2.33. The summed E-state index contributed by atoms with van der Waals surface area (Å²) in [5.41, 5.74) is 0.807. The SMILES string of the molecule is CCCNC(=O)[C@H](CC)N(Cc1ccc(Cl)c(Cl)c1)C(=O)CN(c1ccccc1OCC)S(=O)(=O)c1ccc(Cl)cc1. The molecule has 1 N–H and O–H groups in total. The fraction of sp³-hybridized carbons (Fsp3) is 0.333. The number of amides is 2. The van der Waals surface area contributed by atoms with E-state index in [-0.39, 0.29) is 35.4 Å². The van der Waals surface area contributed by atoms with E-state index >= 15 is 0 Å². The highest BCUT2D eigenvalue weighted by atomic mass is 35.5. The maximum atomic E-state index is 14.2. The van der Waals surface area contributed by atoms with Crippen LogP contribution in [0.2, 0.25) is 15.1 Å². The Labute approximate surface area is 262 Å².